The zero-order valence-electron chi connectivity index (χ0n) is 9.21. The lowest BCUT2D eigenvalue weighted by atomic mass is 10.3. The summed E-state index contributed by atoms with van der Waals surface area (Å²) < 4.78 is 18.0. The van der Waals surface area contributed by atoms with E-state index in [1.165, 1.54) is 18.2 Å². The topological polar surface area (TPSA) is 64.4 Å². The van der Waals surface area contributed by atoms with Crippen molar-refractivity contribution in [2.24, 2.45) is 5.73 Å². The fourth-order valence-electron chi connectivity index (χ4n) is 1.16. The van der Waals surface area contributed by atoms with Crippen molar-refractivity contribution < 1.29 is 13.9 Å². The molecule has 94 valence electrons. The summed E-state index contributed by atoms with van der Waals surface area (Å²) in [5.41, 5.74) is 5.21. The Bertz CT molecular complexity index is 388. The smallest absolute Gasteiger partial charge is 0.221 e. The summed E-state index contributed by atoms with van der Waals surface area (Å²) in [6.45, 7) is 0.935. The number of hydrogen-bond donors (Lipinski definition) is 2. The van der Waals surface area contributed by atoms with Crippen molar-refractivity contribution in [1.29, 1.82) is 0 Å². The van der Waals surface area contributed by atoms with Crippen LogP contribution in [0.1, 0.15) is 6.42 Å². The molecule has 1 amide bonds. The molecule has 6 heteroatoms. The molecular formula is C11H14ClFN2O2. The molecule has 0 unspecified atom stereocenters. The van der Waals surface area contributed by atoms with Gasteiger partial charge in [0.25, 0.3) is 0 Å². The van der Waals surface area contributed by atoms with Gasteiger partial charge in [0.1, 0.15) is 18.2 Å². The van der Waals surface area contributed by atoms with Crippen LogP contribution >= 0.6 is 11.6 Å². The molecule has 1 aromatic carbocycles. The Balaban J connectivity index is 2.29. The van der Waals surface area contributed by atoms with E-state index in [2.05, 4.69) is 5.32 Å². The molecule has 3 N–H and O–H groups in total. The van der Waals surface area contributed by atoms with E-state index in [0.29, 0.717) is 18.8 Å². The highest BCUT2D eigenvalue weighted by Crippen LogP contribution is 2.24. The van der Waals surface area contributed by atoms with Crippen LogP contribution in [0.4, 0.5) is 4.39 Å². The third-order valence-electron chi connectivity index (χ3n) is 1.95. The van der Waals surface area contributed by atoms with Gasteiger partial charge in [-0.25, -0.2) is 4.39 Å². The first kappa shape index (κ1) is 13.7. The third-order valence-corrected chi connectivity index (χ3v) is 2.24. The maximum atomic E-state index is 12.7. The highest BCUT2D eigenvalue weighted by atomic mass is 35.5. The van der Waals surface area contributed by atoms with Crippen LogP contribution < -0.4 is 15.8 Å². The van der Waals surface area contributed by atoms with Gasteiger partial charge in [-0.05, 0) is 18.2 Å². The molecule has 0 bridgehead atoms. The average Bonchev–Trinajstić information content (AvgIpc) is 2.27. The van der Waals surface area contributed by atoms with Gasteiger partial charge in [0.05, 0.1) is 11.6 Å². The molecule has 0 aromatic heterocycles. The van der Waals surface area contributed by atoms with Crippen molar-refractivity contribution in [2.75, 3.05) is 19.7 Å². The van der Waals surface area contributed by atoms with E-state index >= 15 is 0 Å². The summed E-state index contributed by atoms with van der Waals surface area (Å²) in [6.07, 6.45) is 0.289. The van der Waals surface area contributed by atoms with Gasteiger partial charge in [-0.2, -0.15) is 0 Å². The number of benzene rings is 1. The molecule has 0 spiro atoms. The van der Waals surface area contributed by atoms with Crippen molar-refractivity contribution in [2.45, 2.75) is 6.42 Å². The average molecular weight is 261 g/mol. The fraction of sp³-hybridized carbons (Fsp3) is 0.364. The number of nitrogens with two attached hydrogens (primary N) is 1. The van der Waals surface area contributed by atoms with Crippen LogP contribution in [-0.2, 0) is 4.79 Å². The summed E-state index contributed by atoms with van der Waals surface area (Å²) in [7, 11) is 0. The Morgan fingerprint density at radius 2 is 2.29 bits per heavy atom. The number of carbonyl (C=O) groups excluding carboxylic acids is 1. The lowest BCUT2D eigenvalue weighted by Gasteiger charge is -2.08. The molecule has 0 atom stereocenters. The number of carbonyl (C=O) groups is 1. The second-order valence-corrected chi connectivity index (χ2v) is 3.72. The van der Waals surface area contributed by atoms with Crippen LogP contribution in [0.25, 0.3) is 0 Å². The molecule has 0 aliphatic carbocycles. The fourth-order valence-corrected chi connectivity index (χ4v) is 1.38. The Morgan fingerprint density at radius 1 is 1.53 bits per heavy atom. The number of halogens is 2. The van der Waals surface area contributed by atoms with Gasteiger partial charge in [0.15, 0.2) is 0 Å². The van der Waals surface area contributed by atoms with Gasteiger partial charge in [-0.15, -0.1) is 0 Å². The van der Waals surface area contributed by atoms with Gasteiger partial charge in [0, 0.05) is 13.0 Å². The van der Waals surface area contributed by atoms with Crippen LogP contribution in [0.2, 0.25) is 5.02 Å². The van der Waals surface area contributed by atoms with Crippen molar-refractivity contribution in [1.82, 2.24) is 5.32 Å². The van der Waals surface area contributed by atoms with Crippen LogP contribution in [-0.4, -0.2) is 25.6 Å². The van der Waals surface area contributed by atoms with Gasteiger partial charge < -0.3 is 15.8 Å². The second-order valence-electron chi connectivity index (χ2n) is 3.31. The van der Waals surface area contributed by atoms with Crippen LogP contribution in [0, 0.1) is 5.82 Å². The third kappa shape index (κ3) is 5.01. The predicted molar refractivity (Wildman–Crippen MR) is 63.6 cm³/mol. The van der Waals surface area contributed by atoms with Gasteiger partial charge in [-0.3, -0.25) is 4.79 Å². The Hall–Kier alpha value is -1.33. The van der Waals surface area contributed by atoms with Crippen molar-refractivity contribution in [3.63, 3.8) is 0 Å². The number of rotatable bonds is 6. The molecule has 1 rings (SSSR count). The zero-order valence-corrected chi connectivity index (χ0v) is 9.97. The van der Waals surface area contributed by atoms with E-state index in [1.54, 1.807) is 0 Å². The standard InChI is InChI=1S/C11H14ClFN2O2/c12-9-7-8(13)1-2-10(9)17-6-5-15-11(16)3-4-14/h1-2,7H,3-6,14H2,(H,15,16). The zero-order chi connectivity index (χ0) is 12.7. The minimum absolute atomic E-state index is 0.124. The van der Waals surface area contributed by atoms with Crippen LogP contribution in [0.5, 0.6) is 5.75 Å². The molecule has 4 nitrogen and oxygen atoms in total. The quantitative estimate of drug-likeness (QED) is 0.759. The Kier molecular flexibility index (Phi) is 5.72. The molecule has 1 aromatic rings. The molecule has 17 heavy (non-hydrogen) atoms. The number of nitrogens with one attached hydrogen (secondary N) is 1. The maximum Gasteiger partial charge on any atom is 0.221 e. The highest BCUT2D eigenvalue weighted by Gasteiger charge is 2.03. The first-order valence-electron chi connectivity index (χ1n) is 5.18. The predicted octanol–water partition coefficient (Wildman–Crippen LogP) is 1.32. The van der Waals surface area contributed by atoms with E-state index in [-0.39, 0.29) is 24.0 Å². The second kappa shape index (κ2) is 7.09. The van der Waals surface area contributed by atoms with Crippen molar-refractivity contribution in [3.8, 4) is 5.75 Å². The maximum absolute atomic E-state index is 12.7. The summed E-state index contributed by atoms with van der Waals surface area (Å²) in [5.74, 6) is -0.152. The van der Waals surface area contributed by atoms with Crippen molar-refractivity contribution in [3.05, 3.63) is 29.0 Å². The molecule has 0 aliphatic heterocycles. The van der Waals surface area contributed by atoms with E-state index in [4.69, 9.17) is 22.1 Å². The van der Waals surface area contributed by atoms with E-state index in [9.17, 15) is 9.18 Å². The van der Waals surface area contributed by atoms with Crippen molar-refractivity contribution >= 4 is 17.5 Å². The van der Waals surface area contributed by atoms with E-state index < -0.39 is 5.82 Å². The molecule has 0 radical (unpaired) electrons. The largest absolute Gasteiger partial charge is 0.490 e. The Morgan fingerprint density at radius 3 is 2.94 bits per heavy atom. The molecule has 0 aliphatic rings. The van der Waals surface area contributed by atoms with Gasteiger partial charge >= 0.3 is 0 Å². The summed E-state index contributed by atoms with van der Waals surface area (Å²) in [6, 6.07) is 3.87. The normalized spacial score (nSPS) is 10.1. The lowest BCUT2D eigenvalue weighted by Crippen LogP contribution is -2.29. The molecule has 0 heterocycles. The summed E-state index contributed by atoms with van der Waals surface area (Å²) in [5, 5.41) is 2.83. The lowest BCUT2D eigenvalue weighted by molar-refractivity contribution is -0.120. The molecular weight excluding hydrogens is 247 g/mol. The monoisotopic (exact) mass is 260 g/mol. The highest BCUT2D eigenvalue weighted by molar-refractivity contribution is 6.32. The van der Waals surface area contributed by atoms with Crippen LogP contribution in [0.15, 0.2) is 18.2 Å². The summed E-state index contributed by atoms with van der Waals surface area (Å²) >= 11 is 5.75. The first-order chi connectivity index (χ1) is 8.13. The Labute approximate surface area is 104 Å². The minimum atomic E-state index is -0.418. The first-order valence-corrected chi connectivity index (χ1v) is 5.56. The minimum Gasteiger partial charge on any atom is -0.490 e. The molecule has 0 saturated carbocycles. The molecule has 0 saturated heterocycles. The van der Waals surface area contributed by atoms with E-state index in [0.717, 1.165) is 0 Å². The molecule has 0 fully saturated rings. The number of hydrogen-bond acceptors (Lipinski definition) is 3. The number of amides is 1. The van der Waals surface area contributed by atoms with E-state index in [1.807, 2.05) is 0 Å². The number of ether oxygens (including phenoxy) is 1. The van der Waals surface area contributed by atoms with Crippen LogP contribution in [0.3, 0.4) is 0 Å². The SMILES string of the molecule is NCCC(=O)NCCOc1ccc(F)cc1Cl. The van der Waals surface area contributed by atoms with Gasteiger partial charge in [-0.1, -0.05) is 11.6 Å². The summed E-state index contributed by atoms with van der Waals surface area (Å²) in [4.78, 5) is 11.0. The van der Waals surface area contributed by atoms with Gasteiger partial charge in [0.2, 0.25) is 5.91 Å².